The minimum Gasteiger partial charge on any atom is -0.325 e. The summed E-state index contributed by atoms with van der Waals surface area (Å²) < 4.78 is 0. The zero-order chi connectivity index (χ0) is 12.7. The average Bonchev–Trinajstić information content (AvgIpc) is 2.70. The summed E-state index contributed by atoms with van der Waals surface area (Å²) >= 11 is 3.55. The highest BCUT2D eigenvalue weighted by atomic mass is 32.2. The molecular formula is C12H20N2OS2. The van der Waals surface area contributed by atoms with Crippen LogP contribution in [0.15, 0.2) is 11.4 Å². The Kier molecular flexibility index (Phi) is 6.62. The molecule has 96 valence electrons. The highest BCUT2D eigenvalue weighted by Crippen LogP contribution is 2.22. The lowest BCUT2D eigenvalue weighted by atomic mass is 10.2. The van der Waals surface area contributed by atoms with E-state index in [-0.39, 0.29) is 5.91 Å². The zero-order valence-corrected chi connectivity index (χ0v) is 12.2. The van der Waals surface area contributed by atoms with E-state index in [0.29, 0.717) is 6.04 Å². The lowest BCUT2D eigenvalue weighted by molar-refractivity contribution is -0.114. The van der Waals surface area contributed by atoms with Crippen LogP contribution in [0, 0.1) is 0 Å². The summed E-state index contributed by atoms with van der Waals surface area (Å²) in [6.45, 7) is 4.56. The first-order chi connectivity index (χ1) is 8.13. The molecule has 1 rings (SSSR count). The monoisotopic (exact) mass is 272 g/mol. The average molecular weight is 272 g/mol. The van der Waals surface area contributed by atoms with Crippen molar-refractivity contribution in [2.45, 2.75) is 32.9 Å². The van der Waals surface area contributed by atoms with Gasteiger partial charge >= 0.3 is 0 Å². The van der Waals surface area contributed by atoms with Gasteiger partial charge in [0.15, 0.2) is 0 Å². The number of amides is 1. The third-order valence-electron chi connectivity index (χ3n) is 2.42. The fraction of sp³-hybridized carbons (Fsp3) is 0.583. The molecule has 2 N–H and O–H groups in total. The lowest BCUT2D eigenvalue weighted by Crippen LogP contribution is -2.26. The predicted octanol–water partition coefficient (Wildman–Crippen LogP) is 2.94. The second-order valence-electron chi connectivity index (χ2n) is 4.00. The molecule has 1 unspecified atom stereocenters. The smallest absolute Gasteiger partial charge is 0.221 e. The molecule has 1 amide bonds. The molecule has 0 aliphatic heterocycles. The first kappa shape index (κ1) is 14.5. The van der Waals surface area contributed by atoms with Crippen molar-refractivity contribution in [2.75, 3.05) is 17.3 Å². The summed E-state index contributed by atoms with van der Waals surface area (Å²) in [6, 6.07) is 2.46. The van der Waals surface area contributed by atoms with E-state index in [2.05, 4.69) is 23.8 Å². The molecular weight excluding hydrogens is 252 g/mol. The van der Waals surface area contributed by atoms with E-state index < -0.39 is 0 Å². The number of rotatable bonds is 7. The summed E-state index contributed by atoms with van der Waals surface area (Å²) in [5.41, 5.74) is 0.937. The van der Waals surface area contributed by atoms with E-state index in [1.807, 2.05) is 23.2 Å². The summed E-state index contributed by atoms with van der Waals surface area (Å²) in [7, 11) is 0. The van der Waals surface area contributed by atoms with Crippen molar-refractivity contribution in [1.29, 1.82) is 0 Å². The number of thiophene rings is 1. The van der Waals surface area contributed by atoms with Crippen LogP contribution < -0.4 is 10.6 Å². The first-order valence-electron chi connectivity index (χ1n) is 5.69. The van der Waals surface area contributed by atoms with Gasteiger partial charge in [0.05, 0.1) is 5.69 Å². The maximum atomic E-state index is 11.0. The van der Waals surface area contributed by atoms with Gasteiger partial charge in [-0.3, -0.25) is 4.79 Å². The SMILES string of the molecule is CSCCC(C)NCc1sccc1NC(C)=O. The Morgan fingerprint density at radius 1 is 1.59 bits per heavy atom. The Morgan fingerprint density at radius 2 is 2.35 bits per heavy atom. The van der Waals surface area contributed by atoms with Crippen LogP contribution in [0.5, 0.6) is 0 Å². The third-order valence-corrected chi connectivity index (χ3v) is 3.99. The molecule has 5 heteroatoms. The molecule has 0 aliphatic carbocycles. The van der Waals surface area contributed by atoms with Crippen LogP contribution in [-0.4, -0.2) is 24.0 Å². The van der Waals surface area contributed by atoms with Gasteiger partial charge in [-0.05, 0) is 36.8 Å². The van der Waals surface area contributed by atoms with Gasteiger partial charge in [0.2, 0.25) is 5.91 Å². The highest BCUT2D eigenvalue weighted by Gasteiger charge is 2.07. The largest absolute Gasteiger partial charge is 0.325 e. The zero-order valence-electron chi connectivity index (χ0n) is 10.6. The van der Waals surface area contributed by atoms with Crippen molar-refractivity contribution >= 4 is 34.7 Å². The number of anilines is 1. The van der Waals surface area contributed by atoms with Crippen LogP contribution in [0.1, 0.15) is 25.1 Å². The van der Waals surface area contributed by atoms with Crippen LogP contribution >= 0.6 is 23.1 Å². The number of hydrogen-bond acceptors (Lipinski definition) is 4. The van der Waals surface area contributed by atoms with E-state index >= 15 is 0 Å². The van der Waals surface area contributed by atoms with Crippen molar-refractivity contribution in [1.82, 2.24) is 5.32 Å². The summed E-state index contributed by atoms with van der Waals surface area (Å²) in [5.74, 6) is 1.16. The molecule has 1 heterocycles. The van der Waals surface area contributed by atoms with E-state index in [9.17, 15) is 4.79 Å². The minimum atomic E-state index is -0.0138. The van der Waals surface area contributed by atoms with E-state index in [0.717, 1.165) is 12.2 Å². The number of carbonyl (C=O) groups excluding carboxylic acids is 1. The normalized spacial score (nSPS) is 12.4. The van der Waals surface area contributed by atoms with Gasteiger partial charge in [-0.1, -0.05) is 0 Å². The number of nitrogens with one attached hydrogen (secondary N) is 2. The van der Waals surface area contributed by atoms with Gasteiger partial charge in [-0.25, -0.2) is 0 Å². The standard InChI is InChI=1S/C12H20N2OS2/c1-9(4-6-16-3)13-8-12-11(5-7-17-12)14-10(2)15/h5,7,9,13H,4,6,8H2,1-3H3,(H,14,15). The van der Waals surface area contributed by atoms with Crippen molar-refractivity contribution in [3.05, 3.63) is 16.3 Å². The van der Waals surface area contributed by atoms with Crippen LogP contribution in [0.2, 0.25) is 0 Å². The second kappa shape index (κ2) is 7.74. The van der Waals surface area contributed by atoms with Gasteiger partial charge in [0, 0.05) is 24.4 Å². The van der Waals surface area contributed by atoms with Gasteiger partial charge in [0.1, 0.15) is 0 Å². The molecule has 0 aromatic carbocycles. The molecule has 1 atom stereocenters. The number of thioether (sulfide) groups is 1. The number of hydrogen-bond donors (Lipinski definition) is 2. The Bertz CT molecular complexity index is 352. The van der Waals surface area contributed by atoms with E-state index in [1.54, 1.807) is 11.3 Å². The Labute approximate surface area is 111 Å². The third kappa shape index (κ3) is 5.57. The summed E-state index contributed by atoms with van der Waals surface area (Å²) in [5, 5.41) is 8.34. The van der Waals surface area contributed by atoms with Crippen LogP contribution in [0.4, 0.5) is 5.69 Å². The molecule has 0 radical (unpaired) electrons. The molecule has 0 spiro atoms. The van der Waals surface area contributed by atoms with E-state index in [1.165, 1.54) is 24.0 Å². The molecule has 17 heavy (non-hydrogen) atoms. The minimum absolute atomic E-state index is 0.0138. The first-order valence-corrected chi connectivity index (χ1v) is 7.97. The fourth-order valence-electron chi connectivity index (χ4n) is 1.44. The molecule has 0 saturated heterocycles. The van der Waals surface area contributed by atoms with Crippen molar-refractivity contribution in [3.63, 3.8) is 0 Å². The Balaban J connectivity index is 2.40. The number of carbonyl (C=O) groups is 1. The van der Waals surface area contributed by atoms with Crippen LogP contribution in [0.25, 0.3) is 0 Å². The Hall–Kier alpha value is -0.520. The second-order valence-corrected chi connectivity index (χ2v) is 5.99. The molecule has 0 aliphatic rings. The fourth-order valence-corrected chi connectivity index (χ4v) is 2.81. The van der Waals surface area contributed by atoms with Crippen molar-refractivity contribution < 1.29 is 4.79 Å². The van der Waals surface area contributed by atoms with Gasteiger partial charge < -0.3 is 10.6 Å². The maximum Gasteiger partial charge on any atom is 0.221 e. The topological polar surface area (TPSA) is 41.1 Å². The van der Waals surface area contributed by atoms with Crippen molar-refractivity contribution in [2.24, 2.45) is 0 Å². The molecule has 1 aromatic heterocycles. The predicted molar refractivity (Wildman–Crippen MR) is 77.9 cm³/mol. The molecule has 3 nitrogen and oxygen atoms in total. The van der Waals surface area contributed by atoms with Crippen LogP contribution in [-0.2, 0) is 11.3 Å². The Morgan fingerprint density at radius 3 is 3.00 bits per heavy atom. The quantitative estimate of drug-likeness (QED) is 0.802. The van der Waals surface area contributed by atoms with E-state index in [4.69, 9.17) is 0 Å². The summed E-state index contributed by atoms with van der Waals surface area (Å²) in [6.07, 6.45) is 3.29. The highest BCUT2D eigenvalue weighted by molar-refractivity contribution is 7.98. The molecule has 0 fully saturated rings. The molecule has 1 aromatic rings. The summed E-state index contributed by atoms with van der Waals surface area (Å²) in [4.78, 5) is 12.2. The van der Waals surface area contributed by atoms with Gasteiger partial charge in [-0.2, -0.15) is 11.8 Å². The molecule has 0 saturated carbocycles. The lowest BCUT2D eigenvalue weighted by Gasteiger charge is -2.13. The van der Waals surface area contributed by atoms with Gasteiger partial charge in [0.25, 0.3) is 0 Å². The molecule has 0 bridgehead atoms. The van der Waals surface area contributed by atoms with Crippen LogP contribution in [0.3, 0.4) is 0 Å². The van der Waals surface area contributed by atoms with Crippen molar-refractivity contribution in [3.8, 4) is 0 Å². The maximum absolute atomic E-state index is 11.0. The van der Waals surface area contributed by atoms with Gasteiger partial charge in [-0.15, -0.1) is 11.3 Å².